The lowest BCUT2D eigenvalue weighted by molar-refractivity contribution is -0.134. The number of amides is 2. The third-order valence-electron chi connectivity index (χ3n) is 5.64. The van der Waals surface area contributed by atoms with Crippen molar-refractivity contribution in [1.82, 2.24) is 15.8 Å². The summed E-state index contributed by atoms with van der Waals surface area (Å²) in [5.41, 5.74) is 4.94. The molecule has 1 heterocycles. The molecule has 2 amide bonds. The summed E-state index contributed by atoms with van der Waals surface area (Å²) >= 11 is 0. The summed E-state index contributed by atoms with van der Waals surface area (Å²) in [6.07, 6.45) is 11.7. The summed E-state index contributed by atoms with van der Waals surface area (Å²) < 4.78 is 5.23. The molecule has 0 bridgehead atoms. The molecule has 33 heavy (non-hydrogen) atoms. The topological polar surface area (TPSA) is 121 Å². The van der Waals surface area contributed by atoms with E-state index < -0.39 is 17.7 Å². The number of rotatable bonds is 11. The van der Waals surface area contributed by atoms with Gasteiger partial charge in [0.15, 0.2) is 5.78 Å². The molecular weight excluding hydrogens is 422 g/mol. The number of methoxy groups -OCH3 is 1. The highest BCUT2D eigenvalue weighted by atomic mass is 16.5. The maximum absolute atomic E-state index is 12.8. The van der Waals surface area contributed by atoms with E-state index in [4.69, 9.17) is 9.94 Å². The van der Waals surface area contributed by atoms with E-state index >= 15 is 0 Å². The van der Waals surface area contributed by atoms with Crippen molar-refractivity contribution in [3.8, 4) is 5.75 Å². The number of H-pyrrole nitrogens is 1. The van der Waals surface area contributed by atoms with E-state index in [1.54, 1.807) is 18.8 Å². The molecule has 8 heteroatoms. The number of hydrogen-bond acceptors (Lipinski definition) is 5. The van der Waals surface area contributed by atoms with Crippen LogP contribution in [-0.4, -0.2) is 41.4 Å². The number of fused-ring (bicyclic) bond motifs is 1. The average molecular weight is 452 g/mol. The molecule has 0 spiro atoms. The van der Waals surface area contributed by atoms with E-state index in [1.165, 1.54) is 0 Å². The Kier molecular flexibility index (Phi) is 8.60. The SMILES string of the molecule is COc1cccc(CCCC(CC(=O)NO)C(=O)NCC(=O)c2c[nH]c3c2C=CC=CC3)c1. The predicted octanol–water partition coefficient (Wildman–Crippen LogP) is 2.98. The zero-order valence-electron chi connectivity index (χ0n) is 18.6. The first-order valence-electron chi connectivity index (χ1n) is 10.9. The largest absolute Gasteiger partial charge is 0.497 e. The molecule has 1 atom stereocenters. The molecule has 1 aromatic heterocycles. The van der Waals surface area contributed by atoms with Crippen molar-refractivity contribution in [2.24, 2.45) is 5.92 Å². The first-order chi connectivity index (χ1) is 16.0. The van der Waals surface area contributed by atoms with Crippen LogP contribution < -0.4 is 15.5 Å². The molecule has 1 unspecified atom stereocenters. The number of aromatic nitrogens is 1. The first-order valence-corrected chi connectivity index (χ1v) is 10.9. The number of hydrogen-bond donors (Lipinski definition) is 4. The molecule has 2 aromatic rings. The molecule has 3 rings (SSSR count). The highest BCUT2D eigenvalue weighted by molar-refractivity contribution is 6.02. The van der Waals surface area contributed by atoms with Crippen LogP contribution in [0.1, 0.15) is 46.4 Å². The normalized spacial score (nSPS) is 13.0. The Morgan fingerprint density at radius 2 is 2.09 bits per heavy atom. The van der Waals surface area contributed by atoms with Gasteiger partial charge in [0.1, 0.15) is 5.75 Å². The highest BCUT2D eigenvalue weighted by Crippen LogP contribution is 2.21. The number of allylic oxidation sites excluding steroid dienone is 3. The zero-order chi connectivity index (χ0) is 23.6. The van der Waals surface area contributed by atoms with Crippen LogP contribution >= 0.6 is 0 Å². The van der Waals surface area contributed by atoms with Gasteiger partial charge in [-0.3, -0.25) is 19.6 Å². The lowest BCUT2D eigenvalue weighted by Crippen LogP contribution is -2.37. The Bertz CT molecular complexity index is 1050. The number of hydroxylamine groups is 1. The fourth-order valence-corrected chi connectivity index (χ4v) is 3.87. The van der Waals surface area contributed by atoms with Crippen molar-refractivity contribution in [2.45, 2.75) is 32.1 Å². The van der Waals surface area contributed by atoms with Gasteiger partial charge in [0.25, 0.3) is 0 Å². The van der Waals surface area contributed by atoms with Gasteiger partial charge in [0.05, 0.1) is 13.7 Å². The van der Waals surface area contributed by atoms with Crippen molar-refractivity contribution in [3.63, 3.8) is 0 Å². The maximum atomic E-state index is 12.8. The van der Waals surface area contributed by atoms with Gasteiger partial charge in [-0.25, -0.2) is 5.48 Å². The van der Waals surface area contributed by atoms with Gasteiger partial charge in [-0.2, -0.15) is 0 Å². The number of Topliss-reactive ketones (excluding diaryl/α,β-unsaturated/α-hetero) is 1. The van der Waals surface area contributed by atoms with Crippen molar-refractivity contribution >= 4 is 23.7 Å². The fraction of sp³-hybridized carbons (Fsp3) is 0.320. The number of carbonyl (C=O) groups excluding carboxylic acids is 3. The van der Waals surface area contributed by atoms with Gasteiger partial charge in [0.2, 0.25) is 11.8 Å². The minimum atomic E-state index is -0.664. The second-order valence-corrected chi connectivity index (χ2v) is 7.91. The minimum absolute atomic E-state index is 0.164. The molecule has 8 nitrogen and oxygen atoms in total. The summed E-state index contributed by atoms with van der Waals surface area (Å²) in [7, 11) is 1.60. The van der Waals surface area contributed by atoms with E-state index in [0.29, 0.717) is 31.2 Å². The molecule has 1 aliphatic carbocycles. The summed E-state index contributed by atoms with van der Waals surface area (Å²) in [5.74, 6) is -1.15. The molecule has 0 saturated carbocycles. The van der Waals surface area contributed by atoms with Gasteiger partial charge >= 0.3 is 0 Å². The van der Waals surface area contributed by atoms with Crippen LogP contribution in [0.2, 0.25) is 0 Å². The molecule has 0 aliphatic heterocycles. The number of aryl methyl sites for hydroxylation is 1. The van der Waals surface area contributed by atoms with E-state index in [9.17, 15) is 14.4 Å². The molecule has 0 fully saturated rings. The molecule has 1 aromatic carbocycles. The van der Waals surface area contributed by atoms with Gasteiger partial charge in [0, 0.05) is 41.8 Å². The summed E-state index contributed by atoms with van der Waals surface area (Å²) in [6.45, 7) is -0.169. The Labute approximate surface area is 192 Å². The average Bonchev–Trinajstić information content (AvgIpc) is 3.09. The molecule has 174 valence electrons. The molecular formula is C25H29N3O5. The van der Waals surface area contributed by atoms with Crippen LogP contribution in [0.4, 0.5) is 0 Å². The van der Waals surface area contributed by atoms with Gasteiger partial charge in [-0.05, 0) is 37.0 Å². The number of ketones is 1. The van der Waals surface area contributed by atoms with E-state index in [2.05, 4.69) is 10.3 Å². The van der Waals surface area contributed by atoms with Crippen LogP contribution in [0.15, 0.2) is 48.7 Å². The van der Waals surface area contributed by atoms with E-state index in [0.717, 1.165) is 22.6 Å². The second kappa shape index (κ2) is 11.8. The zero-order valence-corrected chi connectivity index (χ0v) is 18.6. The highest BCUT2D eigenvalue weighted by Gasteiger charge is 2.23. The second-order valence-electron chi connectivity index (χ2n) is 7.91. The van der Waals surface area contributed by atoms with Crippen molar-refractivity contribution in [3.05, 3.63) is 71.1 Å². The molecule has 4 N–H and O–H groups in total. The lowest BCUT2D eigenvalue weighted by atomic mass is 9.95. The fourth-order valence-electron chi connectivity index (χ4n) is 3.87. The number of nitrogens with one attached hydrogen (secondary N) is 3. The number of benzene rings is 1. The molecule has 0 saturated heterocycles. The first kappa shape index (κ1) is 24.0. The maximum Gasteiger partial charge on any atom is 0.244 e. The van der Waals surface area contributed by atoms with E-state index in [1.807, 2.05) is 48.6 Å². The summed E-state index contributed by atoms with van der Waals surface area (Å²) in [6, 6.07) is 7.66. The minimum Gasteiger partial charge on any atom is -0.497 e. The smallest absolute Gasteiger partial charge is 0.244 e. The number of ether oxygens (including phenoxy) is 1. The third-order valence-corrected chi connectivity index (χ3v) is 5.64. The van der Waals surface area contributed by atoms with Crippen LogP contribution in [0, 0.1) is 5.92 Å². The Hall–Kier alpha value is -3.65. The summed E-state index contributed by atoms with van der Waals surface area (Å²) in [4.78, 5) is 40.3. The molecule has 1 aliphatic rings. The number of carbonyl (C=O) groups is 3. The van der Waals surface area contributed by atoms with Gasteiger partial charge in [-0.1, -0.05) is 36.4 Å². The Balaban J connectivity index is 1.57. The quantitative estimate of drug-likeness (QED) is 0.238. The Morgan fingerprint density at radius 3 is 2.88 bits per heavy atom. The monoisotopic (exact) mass is 451 g/mol. The van der Waals surface area contributed by atoms with E-state index in [-0.39, 0.29) is 18.7 Å². The van der Waals surface area contributed by atoms with Crippen molar-refractivity contribution < 1.29 is 24.3 Å². The van der Waals surface area contributed by atoms with Crippen LogP contribution in [-0.2, 0) is 22.4 Å². The van der Waals surface area contributed by atoms with Gasteiger partial charge in [-0.15, -0.1) is 0 Å². The van der Waals surface area contributed by atoms with Crippen molar-refractivity contribution in [2.75, 3.05) is 13.7 Å². The Morgan fingerprint density at radius 1 is 1.24 bits per heavy atom. The van der Waals surface area contributed by atoms with Crippen LogP contribution in [0.5, 0.6) is 5.75 Å². The van der Waals surface area contributed by atoms with Crippen LogP contribution in [0.3, 0.4) is 0 Å². The third kappa shape index (κ3) is 6.66. The lowest BCUT2D eigenvalue weighted by Gasteiger charge is -2.16. The number of aromatic amines is 1. The molecule has 0 radical (unpaired) electrons. The predicted molar refractivity (Wildman–Crippen MR) is 124 cm³/mol. The van der Waals surface area contributed by atoms with Crippen LogP contribution in [0.25, 0.3) is 6.08 Å². The standard InChI is InChI=1S/C25H29N3O5/c1-33-19-10-6-8-17(13-19)7-5-9-18(14-24(30)28-32)25(31)27-16-23(29)21-15-26-22-12-4-2-3-11-20(21)22/h2-4,6,8,10-11,13,15,18,26,32H,5,7,9,12,14,16H2,1H3,(H,27,31)(H,28,30). The van der Waals surface area contributed by atoms with Crippen molar-refractivity contribution in [1.29, 1.82) is 0 Å². The van der Waals surface area contributed by atoms with Gasteiger partial charge < -0.3 is 15.0 Å². The summed E-state index contributed by atoms with van der Waals surface area (Å²) in [5, 5.41) is 11.6.